The number of aromatic nitrogens is 1. The summed E-state index contributed by atoms with van der Waals surface area (Å²) in [4.78, 5) is 21.3. The third kappa shape index (κ3) is 4.37. The van der Waals surface area contributed by atoms with Gasteiger partial charge >= 0.3 is 0 Å². The van der Waals surface area contributed by atoms with Crippen LogP contribution in [0.5, 0.6) is 5.75 Å². The number of carbonyl (C=O) groups is 1. The van der Waals surface area contributed by atoms with E-state index in [0.717, 1.165) is 35.6 Å². The normalized spacial score (nSPS) is 14.3. The molecule has 28 heavy (non-hydrogen) atoms. The second kappa shape index (κ2) is 8.48. The van der Waals surface area contributed by atoms with Crippen molar-refractivity contribution in [2.75, 3.05) is 37.7 Å². The molecule has 0 saturated carbocycles. The van der Waals surface area contributed by atoms with Crippen molar-refractivity contribution in [2.45, 2.75) is 6.42 Å². The first-order chi connectivity index (χ1) is 13.7. The summed E-state index contributed by atoms with van der Waals surface area (Å²) in [5.74, 6) is 1.82. The van der Waals surface area contributed by atoms with Crippen molar-refractivity contribution < 1.29 is 9.53 Å². The van der Waals surface area contributed by atoms with Gasteiger partial charge in [0, 0.05) is 36.6 Å². The molecule has 144 valence electrons. The molecular formula is C22H22ClN3O2. The lowest BCUT2D eigenvalue weighted by Crippen LogP contribution is -2.49. The molecule has 1 saturated heterocycles. The largest absolute Gasteiger partial charge is 0.493 e. The summed E-state index contributed by atoms with van der Waals surface area (Å²) in [5.41, 5.74) is 0.998. The number of halogens is 1. The van der Waals surface area contributed by atoms with Gasteiger partial charge in [0.25, 0.3) is 0 Å². The molecule has 5 nitrogen and oxygen atoms in total. The number of amides is 1. The summed E-state index contributed by atoms with van der Waals surface area (Å²) in [6, 6.07) is 19.4. The molecule has 0 aliphatic carbocycles. The van der Waals surface area contributed by atoms with Crippen LogP contribution in [0.3, 0.4) is 0 Å². The second-order valence-electron chi connectivity index (χ2n) is 6.78. The zero-order valence-corrected chi connectivity index (χ0v) is 16.3. The Balaban J connectivity index is 1.27. The third-order valence-electron chi connectivity index (χ3n) is 4.94. The van der Waals surface area contributed by atoms with E-state index in [2.05, 4.69) is 23.1 Å². The van der Waals surface area contributed by atoms with E-state index in [1.807, 2.05) is 35.2 Å². The number of pyridine rings is 1. The highest BCUT2D eigenvalue weighted by atomic mass is 35.5. The van der Waals surface area contributed by atoms with E-state index < -0.39 is 0 Å². The second-order valence-corrected chi connectivity index (χ2v) is 7.22. The van der Waals surface area contributed by atoms with Crippen molar-refractivity contribution in [1.82, 2.24) is 9.88 Å². The highest BCUT2D eigenvalue weighted by Gasteiger charge is 2.21. The highest BCUT2D eigenvalue weighted by Crippen LogP contribution is 2.20. The van der Waals surface area contributed by atoms with Crippen LogP contribution in [0.4, 0.5) is 5.82 Å². The van der Waals surface area contributed by atoms with Crippen LogP contribution in [0.25, 0.3) is 10.9 Å². The molecule has 2 heterocycles. The molecule has 1 fully saturated rings. The summed E-state index contributed by atoms with van der Waals surface area (Å²) in [6.45, 7) is 3.35. The molecule has 3 aromatic rings. The smallest absolute Gasteiger partial charge is 0.226 e. The fourth-order valence-corrected chi connectivity index (χ4v) is 3.49. The lowest BCUT2D eigenvalue weighted by Gasteiger charge is -2.35. The minimum absolute atomic E-state index is 0.125. The first-order valence-corrected chi connectivity index (χ1v) is 9.84. The van der Waals surface area contributed by atoms with E-state index in [0.29, 0.717) is 31.1 Å². The van der Waals surface area contributed by atoms with Gasteiger partial charge in [-0.2, -0.15) is 0 Å². The van der Waals surface area contributed by atoms with Crippen LogP contribution in [0.15, 0.2) is 60.7 Å². The number of hydrogen-bond acceptors (Lipinski definition) is 4. The zero-order chi connectivity index (χ0) is 19.3. The SMILES string of the molecule is O=C(CCOc1ccc(Cl)cc1)N1CCN(c2ccc3ccccc3n2)CC1. The quantitative estimate of drug-likeness (QED) is 0.655. The lowest BCUT2D eigenvalue weighted by molar-refractivity contribution is -0.132. The van der Waals surface area contributed by atoms with Gasteiger partial charge in [0.05, 0.1) is 18.5 Å². The molecule has 1 aromatic heterocycles. The summed E-state index contributed by atoms with van der Waals surface area (Å²) in [5, 5.41) is 1.81. The minimum atomic E-state index is 0.125. The van der Waals surface area contributed by atoms with Crippen LogP contribution in [0.2, 0.25) is 5.02 Å². The van der Waals surface area contributed by atoms with Crippen LogP contribution in [0.1, 0.15) is 6.42 Å². The van der Waals surface area contributed by atoms with Gasteiger partial charge in [0.2, 0.25) is 5.91 Å². The van der Waals surface area contributed by atoms with E-state index in [1.54, 1.807) is 12.1 Å². The maximum atomic E-state index is 12.5. The van der Waals surface area contributed by atoms with Crippen molar-refractivity contribution in [2.24, 2.45) is 0 Å². The first kappa shape index (κ1) is 18.6. The van der Waals surface area contributed by atoms with E-state index in [9.17, 15) is 4.79 Å². The monoisotopic (exact) mass is 395 g/mol. The Bertz CT molecular complexity index is 953. The predicted molar refractivity (Wildman–Crippen MR) is 112 cm³/mol. The number of para-hydroxylation sites is 1. The Labute approximate surface area is 169 Å². The van der Waals surface area contributed by atoms with Crippen molar-refractivity contribution in [3.05, 3.63) is 65.7 Å². The summed E-state index contributed by atoms with van der Waals surface area (Å²) >= 11 is 5.86. The molecule has 0 spiro atoms. The van der Waals surface area contributed by atoms with Crippen LogP contribution < -0.4 is 9.64 Å². The Hall–Kier alpha value is -2.79. The number of anilines is 1. The molecule has 0 N–H and O–H groups in total. The minimum Gasteiger partial charge on any atom is -0.493 e. The van der Waals surface area contributed by atoms with Crippen LogP contribution in [-0.2, 0) is 4.79 Å². The standard InChI is InChI=1S/C22H22ClN3O2/c23-18-6-8-19(9-7-18)28-16-11-22(27)26-14-12-25(13-15-26)21-10-5-17-3-1-2-4-20(17)24-21/h1-10H,11-16H2. The van der Waals surface area contributed by atoms with E-state index in [1.165, 1.54) is 0 Å². The molecule has 0 bridgehead atoms. The molecule has 1 amide bonds. The molecule has 6 heteroatoms. The van der Waals surface area contributed by atoms with E-state index in [4.69, 9.17) is 21.3 Å². The number of benzene rings is 2. The molecule has 2 aromatic carbocycles. The van der Waals surface area contributed by atoms with Crippen molar-refractivity contribution >= 4 is 34.2 Å². The molecule has 0 radical (unpaired) electrons. The maximum Gasteiger partial charge on any atom is 0.226 e. The topological polar surface area (TPSA) is 45.7 Å². The van der Waals surface area contributed by atoms with Crippen LogP contribution in [0, 0.1) is 0 Å². The molecule has 0 atom stereocenters. The average molecular weight is 396 g/mol. The molecule has 1 aliphatic rings. The maximum absolute atomic E-state index is 12.5. The number of fused-ring (bicyclic) bond motifs is 1. The number of rotatable bonds is 5. The molecule has 0 unspecified atom stereocenters. The Morgan fingerprint density at radius 3 is 2.50 bits per heavy atom. The highest BCUT2D eigenvalue weighted by molar-refractivity contribution is 6.30. The average Bonchev–Trinajstić information content (AvgIpc) is 2.75. The predicted octanol–water partition coefficient (Wildman–Crippen LogP) is 4.01. The number of piperazine rings is 1. The van der Waals surface area contributed by atoms with Gasteiger partial charge in [-0.1, -0.05) is 29.8 Å². The lowest BCUT2D eigenvalue weighted by atomic mass is 10.2. The Morgan fingerprint density at radius 2 is 1.71 bits per heavy atom. The van der Waals surface area contributed by atoms with Crippen molar-refractivity contribution in [3.8, 4) is 5.75 Å². The number of hydrogen-bond donors (Lipinski definition) is 0. The van der Waals surface area contributed by atoms with Gasteiger partial charge < -0.3 is 14.5 Å². The molecule has 4 rings (SSSR count). The van der Waals surface area contributed by atoms with Crippen LogP contribution >= 0.6 is 11.6 Å². The van der Waals surface area contributed by atoms with Crippen molar-refractivity contribution in [3.63, 3.8) is 0 Å². The fourth-order valence-electron chi connectivity index (χ4n) is 3.36. The molecular weight excluding hydrogens is 374 g/mol. The number of nitrogens with zero attached hydrogens (tertiary/aromatic N) is 3. The Morgan fingerprint density at radius 1 is 0.964 bits per heavy atom. The van der Waals surface area contributed by atoms with E-state index in [-0.39, 0.29) is 5.91 Å². The van der Waals surface area contributed by atoms with Crippen molar-refractivity contribution in [1.29, 1.82) is 0 Å². The van der Waals surface area contributed by atoms with Gasteiger partial charge in [-0.25, -0.2) is 4.98 Å². The summed E-state index contributed by atoms with van der Waals surface area (Å²) in [6.07, 6.45) is 0.372. The van der Waals surface area contributed by atoms with Gasteiger partial charge in [-0.3, -0.25) is 4.79 Å². The van der Waals surface area contributed by atoms with Crippen LogP contribution in [-0.4, -0.2) is 48.6 Å². The summed E-state index contributed by atoms with van der Waals surface area (Å²) in [7, 11) is 0. The van der Waals surface area contributed by atoms with Gasteiger partial charge in [-0.05, 0) is 42.5 Å². The Kier molecular flexibility index (Phi) is 5.63. The fraction of sp³-hybridized carbons (Fsp3) is 0.273. The van der Waals surface area contributed by atoms with E-state index >= 15 is 0 Å². The zero-order valence-electron chi connectivity index (χ0n) is 15.6. The number of carbonyl (C=O) groups excluding carboxylic acids is 1. The summed E-state index contributed by atoms with van der Waals surface area (Å²) < 4.78 is 5.63. The van der Waals surface area contributed by atoms with Gasteiger partial charge in [-0.15, -0.1) is 0 Å². The molecule has 1 aliphatic heterocycles. The number of ether oxygens (including phenoxy) is 1. The van der Waals surface area contributed by atoms with Gasteiger partial charge in [0.1, 0.15) is 11.6 Å². The first-order valence-electron chi connectivity index (χ1n) is 9.46. The third-order valence-corrected chi connectivity index (χ3v) is 5.19. The van der Waals surface area contributed by atoms with Gasteiger partial charge in [0.15, 0.2) is 0 Å².